The van der Waals surface area contributed by atoms with E-state index in [0.29, 0.717) is 19.1 Å². The average molecular weight is 223 g/mol. The molecule has 88 valence electrons. The molecule has 5 heteroatoms. The van der Waals surface area contributed by atoms with Crippen molar-refractivity contribution in [2.45, 2.75) is 26.4 Å². The molecular formula is C11H17N3O2. The maximum absolute atomic E-state index is 10.7. The van der Waals surface area contributed by atoms with Gasteiger partial charge in [0.25, 0.3) is 0 Å². The molecule has 0 bridgehead atoms. The first-order valence-corrected chi connectivity index (χ1v) is 5.53. The molecule has 0 saturated carbocycles. The molecule has 0 unspecified atom stereocenters. The lowest BCUT2D eigenvalue weighted by atomic mass is 10.0. The van der Waals surface area contributed by atoms with Crippen LogP contribution in [-0.2, 0) is 11.3 Å². The van der Waals surface area contributed by atoms with Gasteiger partial charge in [0.15, 0.2) is 0 Å². The van der Waals surface area contributed by atoms with Crippen molar-refractivity contribution in [1.29, 1.82) is 0 Å². The lowest BCUT2D eigenvalue weighted by Gasteiger charge is -2.36. The van der Waals surface area contributed by atoms with Crippen molar-refractivity contribution in [2.75, 3.05) is 13.1 Å². The first-order chi connectivity index (χ1) is 7.58. The molecule has 2 heterocycles. The van der Waals surface area contributed by atoms with Crippen LogP contribution in [0, 0.1) is 5.92 Å². The normalized spacial score (nSPS) is 17.7. The van der Waals surface area contributed by atoms with Crippen molar-refractivity contribution in [3.05, 3.63) is 18.2 Å². The van der Waals surface area contributed by atoms with Gasteiger partial charge in [-0.05, 0) is 13.8 Å². The van der Waals surface area contributed by atoms with Crippen molar-refractivity contribution in [2.24, 2.45) is 5.92 Å². The number of carbonyl (C=O) groups is 1. The Morgan fingerprint density at radius 1 is 1.62 bits per heavy atom. The fraction of sp³-hybridized carbons (Fsp3) is 0.636. The van der Waals surface area contributed by atoms with E-state index in [1.54, 1.807) is 0 Å². The average Bonchev–Trinajstić information content (AvgIpc) is 2.57. The Labute approximate surface area is 94.7 Å². The smallest absolute Gasteiger partial charge is 0.309 e. The lowest BCUT2D eigenvalue weighted by molar-refractivity contribution is -0.147. The van der Waals surface area contributed by atoms with E-state index in [1.165, 1.54) is 0 Å². The zero-order valence-corrected chi connectivity index (χ0v) is 9.63. The molecule has 0 aliphatic carbocycles. The highest BCUT2D eigenvalue weighted by Gasteiger charge is 2.32. The molecule has 2 rings (SSSR count). The van der Waals surface area contributed by atoms with Crippen LogP contribution >= 0.6 is 0 Å². The van der Waals surface area contributed by atoms with Gasteiger partial charge >= 0.3 is 5.97 Å². The van der Waals surface area contributed by atoms with Gasteiger partial charge in [-0.1, -0.05) is 0 Å². The van der Waals surface area contributed by atoms with Gasteiger partial charge in [0, 0.05) is 31.9 Å². The molecule has 0 spiro atoms. The summed E-state index contributed by atoms with van der Waals surface area (Å²) in [7, 11) is 0. The number of carboxylic acids is 1. The Kier molecular flexibility index (Phi) is 2.96. The summed E-state index contributed by atoms with van der Waals surface area (Å²) < 4.78 is 2.12. The Bertz CT molecular complexity index is 380. The van der Waals surface area contributed by atoms with Crippen LogP contribution in [-0.4, -0.2) is 38.6 Å². The highest BCUT2D eigenvalue weighted by molar-refractivity contribution is 5.71. The van der Waals surface area contributed by atoms with Crippen molar-refractivity contribution >= 4 is 5.97 Å². The van der Waals surface area contributed by atoms with E-state index in [4.69, 9.17) is 5.11 Å². The molecule has 1 aliphatic heterocycles. The van der Waals surface area contributed by atoms with Crippen LogP contribution in [0.1, 0.15) is 25.6 Å². The number of nitrogens with zero attached hydrogens (tertiary/aromatic N) is 3. The number of likely N-dealkylation sites (tertiary alicyclic amines) is 1. The summed E-state index contributed by atoms with van der Waals surface area (Å²) in [5.74, 6) is -0.871. The zero-order valence-electron chi connectivity index (χ0n) is 9.63. The second-order valence-corrected chi connectivity index (χ2v) is 4.62. The predicted octanol–water partition coefficient (Wildman–Crippen LogP) is 0.980. The third kappa shape index (κ3) is 2.09. The van der Waals surface area contributed by atoms with Crippen molar-refractivity contribution in [1.82, 2.24) is 14.5 Å². The number of carboxylic acid groups (broad SMARTS) is 1. The highest BCUT2D eigenvalue weighted by atomic mass is 16.4. The summed E-state index contributed by atoms with van der Waals surface area (Å²) in [5, 5.41) is 8.78. The summed E-state index contributed by atoms with van der Waals surface area (Å²) in [6.07, 6.45) is 3.68. The number of aromatic nitrogens is 2. The summed E-state index contributed by atoms with van der Waals surface area (Å²) >= 11 is 0. The molecule has 1 saturated heterocycles. The van der Waals surface area contributed by atoms with Crippen LogP contribution in [0.4, 0.5) is 0 Å². The SMILES string of the molecule is CC(C)n1cncc1CN1CC(C(=O)O)C1. The number of hydrogen-bond donors (Lipinski definition) is 1. The third-order valence-electron chi connectivity index (χ3n) is 2.99. The molecule has 1 aliphatic rings. The molecule has 1 aromatic heterocycles. The molecular weight excluding hydrogens is 206 g/mol. The minimum atomic E-state index is -0.686. The number of rotatable bonds is 4. The maximum atomic E-state index is 10.7. The van der Waals surface area contributed by atoms with Crippen molar-refractivity contribution < 1.29 is 9.90 Å². The molecule has 0 atom stereocenters. The van der Waals surface area contributed by atoms with Crippen LogP contribution in [0.15, 0.2) is 12.5 Å². The highest BCUT2D eigenvalue weighted by Crippen LogP contribution is 2.19. The summed E-state index contributed by atoms with van der Waals surface area (Å²) in [5.41, 5.74) is 1.15. The molecule has 5 nitrogen and oxygen atoms in total. The zero-order chi connectivity index (χ0) is 11.7. The van der Waals surface area contributed by atoms with E-state index in [2.05, 4.69) is 28.3 Å². The fourth-order valence-electron chi connectivity index (χ4n) is 2.00. The quantitative estimate of drug-likeness (QED) is 0.826. The van der Waals surface area contributed by atoms with Gasteiger partial charge in [0.2, 0.25) is 0 Å². The predicted molar refractivity (Wildman–Crippen MR) is 59.0 cm³/mol. The van der Waals surface area contributed by atoms with Crippen LogP contribution in [0.2, 0.25) is 0 Å². The number of imidazole rings is 1. The van der Waals surface area contributed by atoms with Crippen LogP contribution < -0.4 is 0 Å². The largest absolute Gasteiger partial charge is 0.481 e. The summed E-state index contributed by atoms with van der Waals surface area (Å²) in [6.45, 7) is 6.32. The lowest BCUT2D eigenvalue weighted by Crippen LogP contribution is -2.49. The van der Waals surface area contributed by atoms with E-state index in [9.17, 15) is 4.79 Å². The second-order valence-electron chi connectivity index (χ2n) is 4.62. The third-order valence-corrected chi connectivity index (χ3v) is 2.99. The van der Waals surface area contributed by atoms with E-state index >= 15 is 0 Å². The summed E-state index contributed by atoms with van der Waals surface area (Å²) in [4.78, 5) is 16.9. The van der Waals surface area contributed by atoms with E-state index in [0.717, 1.165) is 12.2 Å². The molecule has 1 aromatic rings. The number of hydrogen-bond acceptors (Lipinski definition) is 3. The van der Waals surface area contributed by atoms with Gasteiger partial charge in [0.05, 0.1) is 17.9 Å². The van der Waals surface area contributed by atoms with Gasteiger partial charge in [0.1, 0.15) is 0 Å². The minimum absolute atomic E-state index is 0.185. The van der Waals surface area contributed by atoms with Crippen LogP contribution in [0.3, 0.4) is 0 Å². The fourth-order valence-corrected chi connectivity index (χ4v) is 2.00. The van der Waals surface area contributed by atoms with E-state index in [-0.39, 0.29) is 5.92 Å². The first-order valence-electron chi connectivity index (χ1n) is 5.53. The van der Waals surface area contributed by atoms with Crippen molar-refractivity contribution in [3.8, 4) is 0 Å². The molecule has 0 radical (unpaired) electrons. The molecule has 1 fully saturated rings. The van der Waals surface area contributed by atoms with Crippen LogP contribution in [0.5, 0.6) is 0 Å². The number of aliphatic carboxylic acids is 1. The van der Waals surface area contributed by atoms with Gasteiger partial charge in [-0.25, -0.2) is 4.98 Å². The van der Waals surface area contributed by atoms with Crippen molar-refractivity contribution in [3.63, 3.8) is 0 Å². The van der Waals surface area contributed by atoms with E-state index in [1.807, 2.05) is 12.5 Å². The van der Waals surface area contributed by atoms with Gasteiger partial charge in [-0.15, -0.1) is 0 Å². The van der Waals surface area contributed by atoms with Gasteiger partial charge < -0.3 is 9.67 Å². The monoisotopic (exact) mass is 223 g/mol. The molecule has 0 amide bonds. The Morgan fingerprint density at radius 2 is 2.31 bits per heavy atom. The Balaban J connectivity index is 1.91. The Morgan fingerprint density at radius 3 is 2.88 bits per heavy atom. The molecule has 16 heavy (non-hydrogen) atoms. The topological polar surface area (TPSA) is 58.4 Å². The maximum Gasteiger partial charge on any atom is 0.309 e. The second kappa shape index (κ2) is 4.25. The Hall–Kier alpha value is -1.36. The minimum Gasteiger partial charge on any atom is -0.481 e. The van der Waals surface area contributed by atoms with Crippen LogP contribution in [0.25, 0.3) is 0 Å². The summed E-state index contributed by atoms with van der Waals surface area (Å²) in [6, 6.07) is 0.397. The molecule has 1 N–H and O–H groups in total. The van der Waals surface area contributed by atoms with E-state index < -0.39 is 5.97 Å². The standard InChI is InChI=1S/C11H17N3O2/c1-8(2)14-7-12-3-10(14)6-13-4-9(5-13)11(15)16/h3,7-9H,4-6H2,1-2H3,(H,15,16). The van der Waals surface area contributed by atoms with Gasteiger partial charge in [-0.2, -0.15) is 0 Å². The molecule has 0 aromatic carbocycles. The van der Waals surface area contributed by atoms with Gasteiger partial charge in [-0.3, -0.25) is 9.69 Å². The first kappa shape index (κ1) is 11.1.